The van der Waals surface area contributed by atoms with Crippen molar-refractivity contribution in [1.82, 2.24) is 5.32 Å². The molecular weight excluding hydrogens is 198 g/mol. The van der Waals surface area contributed by atoms with E-state index < -0.39 is 18.4 Å². The van der Waals surface area contributed by atoms with Crippen molar-refractivity contribution < 1.29 is 19.8 Å². The lowest BCUT2D eigenvalue weighted by Gasteiger charge is -2.01. The first-order valence-electron chi connectivity index (χ1n) is 4.92. The van der Waals surface area contributed by atoms with Crippen LogP contribution >= 0.6 is 0 Å². The van der Waals surface area contributed by atoms with Crippen LogP contribution in [0, 0.1) is 0 Å². The van der Waals surface area contributed by atoms with Crippen molar-refractivity contribution in [1.29, 1.82) is 0 Å². The van der Waals surface area contributed by atoms with Crippen LogP contribution in [0.5, 0.6) is 0 Å². The van der Waals surface area contributed by atoms with Crippen molar-refractivity contribution in [3.05, 3.63) is 11.8 Å². The third-order valence-electron chi connectivity index (χ3n) is 1.72. The number of allylic oxidation sites excluding steroid dienone is 1. The maximum Gasteiger partial charge on any atom is 0.322 e. The molecule has 15 heavy (non-hydrogen) atoms. The van der Waals surface area contributed by atoms with Crippen molar-refractivity contribution in [3.63, 3.8) is 0 Å². The molecule has 86 valence electrons. The van der Waals surface area contributed by atoms with Gasteiger partial charge in [0.25, 0.3) is 0 Å². The number of carboxylic acid groups (broad SMARTS) is 1. The number of carbonyl (C=O) groups excluding carboxylic acids is 1. The number of rotatable bonds is 7. The lowest BCUT2D eigenvalue weighted by atomic mass is 10.2. The van der Waals surface area contributed by atoms with E-state index in [2.05, 4.69) is 5.32 Å². The average molecular weight is 215 g/mol. The molecule has 0 bridgehead atoms. The summed E-state index contributed by atoms with van der Waals surface area (Å²) in [5, 5.41) is 19.7. The molecule has 0 aromatic rings. The van der Waals surface area contributed by atoms with Crippen LogP contribution in [0.25, 0.3) is 0 Å². The monoisotopic (exact) mass is 215 g/mol. The maximum atomic E-state index is 11.0. The molecule has 0 aliphatic carbocycles. The fraction of sp³-hybridized carbons (Fsp3) is 0.600. The second-order valence-electron chi connectivity index (χ2n) is 3.18. The van der Waals surface area contributed by atoms with Crippen molar-refractivity contribution >= 4 is 11.9 Å². The second-order valence-corrected chi connectivity index (χ2v) is 3.18. The van der Waals surface area contributed by atoms with E-state index in [1.165, 1.54) is 0 Å². The van der Waals surface area contributed by atoms with Crippen molar-refractivity contribution in [3.8, 4) is 0 Å². The van der Waals surface area contributed by atoms with Gasteiger partial charge in [0.1, 0.15) is 6.54 Å². The van der Waals surface area contributed by atoms with Gasteiger partial charge in [0, 0.05) is 0 Å². The summed E-state index contributed by atoms with van der Waals surface area (Å²) in [6.45, 7) is 1.62. The van der Waals surface area contributed by atoms with E-state index in [0.717, 1.165) is 19.3 Å². The first kappa shape index (κ1) is 13.5. The minimum atomic E-state index is -1.10. The van der Waals surface area contributed by atoms with Gasteiger partial charge < -0.3 is 15.5 Å². The maximum absolute atomic E-state index is 11.0. The summed E-state index contributed by atoms with van der Waals surface area (Å²) in [4.78, 5) is 21.1. The van der Waals surface area contributed by atoms with Crippen LogP contribution in [0.2, 0.25) is 0 Å². The smallest absolute Gasteiger partial charge is 0.322 e. The standard InChI is InChI=1S/C10H17NO4/c1-2-3-4-5-8(12)6-9(13)11-7-10(14)15/h5,12H,2-4,6-7H2,1H3,(H,11,13)(H,14,15)/b8-5-. The van der Waals surface area contributed by atoms with E-state index in [4.69, 9.17) is 5.11 Å². The highest BCUT2D eigenvalue weighted by atomic mass is 16.4. The average Bonchev–Trinajstić information content (AvgIpc) is 2.15. The Morgan fingerprint density at radius 1 is 1.33 bits per heavy atom. The molecule has 5 heteroatoms. The Labute approximate surface area is 88.8 Å². The topological polar surface area (TPSA) is 86.6 Å². The molecule has 5 nitrogen and oxygen atoms in total. The number of hydrogen-bond acceptors (Lipinski definition) is 3. The van der Waals surface area contributed by atoms with E-state index in [1.54, 1.807) is 6.08 Å². The third-order valence-corrected chi connectivity index (χ3v) is 1.72. The Morgan fingerprint density at radius 3 is 2.53 bits per heavy atom. The number of hydrogen-bond donors (Lipinski definition) is 3. The lowest BCUT2D eigenvalue weighted by Crippen LogP contribution is -2.29. The number of nitrogens with one attached hydrogen (secondary N) is 1. The summed E-state index contributed by atoms with van der Waals surface area (Å²) in [6, 6.07) is 0. The molecule has 0 aromatic carbocycles. The number of carbonyl (C=O) groups is 2. The van der Waals surface area contributed by atoms with Gasteiger partial charge in [-0.2, -0.15) is 0 Å². The van der Waals surface area contributed by atoms with Gasteiger partial charge in [0.05, 0.1) is 12.2 Å². The van der Waals surface area contributed by atoms with Crippen LogP contribution in [0.15, 0.2) is 11.8 Å². The molecule has 1 amide bonds. The van der Waals surface area contributed by atoms with Crippen LogP contribution in [-0.2, 0) is 9.59 Å². The van der Waals surface area contributed by atoms with Gasteiger partial charge in [0.15, 0.2) is 0 Å². The number of carboxylic acids is 1. The van der Waals surface area contributed by atoms with E-state index in [0.29, 0.717) is 0 Å². The van der Waals surface area contributed by atoms with Crippen LogP contribution < -0.4 is 5.32 Å². The molecule has 0 rings (SSSR count). The van der Waals surface area contributed by atoms with Gasteiger partial charge >= 0.3 is 5.97 Å². The minimum Gasteiger partial charge on any atom is -0.512 e. The van der Waals surface area contributed by atoms with Gasteiger partial charge in [-0.25, -0.2) is 0 Å². The zero-order valence-corrected chi connectivity index (χ0v) is 8.82. The molecule has 0 aliphatic rings. The van der Waals surface area contributed by atoms with E-state index in [-0.39, 0.29) is 12.2 Å². The molecule has 0 spiro atoms. The summed E-state index contributed by atoms with van der Waals surface area (Å²) in [5.41, 5.74) is 0. The quantitative estimate of drug-likeness (QED) is 0.440. The molecule has 0 radical (unpaired) electrons. The number of aliphatic hydroxyl groups is 1. The third kappa shape index (κ3) is 8.80. The SMILES string of the molecule is CCCC/C=C(\O)CC(=O)NCC(=O)O. The number of aliphatic carboxylic acids is 1. The minimum absolute atomic E-state index is 0.00802. The molecule has 0 fully saturated rings. The zero-order chi connectivity index (χ0) is 11.7. The van der Waals surface area contributed by atoms with Crippen LogP contribution in [0.4, 0.5) is 0 Å². The highest BCUT2D eigenvalue weighted by Gasteiger charge is 2.05. The molecule has 0 aliphatic heterocycles. The summed E-state index contributed by atoms with van der Waals surface area (Å²) in [7, 11) is 0. The lowest BCUT2D eigenvalue weighted by molar-refractivity contribution is -0.137. The van der Waals surface area contributed by atoms with Gasteiger partial charge in [0.2, 0.25) is 5.91 Å². The predicted octanol–water partition coefficient (Wildman–Crippen LogP) is 1.21. The fourth-order valence-corrected chi connectivity index (χ4v) is 0.946. The van der Waals surface area contributed by atoms with Crippen molar-refractivity contribution in [2.24, 2.45) is 0 Å². The number of unbranched alkanes of at least 4 members (excludes halogenated alkanes) is 2. The molecule has 0 saturated heterocycles. The summed E-state index contributed by atoms with van der Waals surface area (Å²) >= 11 is 0. The Balaban J connectivity index is 3.75. The van der Waals surface area contributed by atoms with Gasteiger partial charge in [-0.15, -0.1) is 0 Å². The molecule has 0 aromatic heterocycles. The molecule has 0 saturated carbocycles. The molecule has 0 atom stereocenters. The van der Waals surface area contributed by atoms with Gasteiger partial charge in [-0.3, -0.25) is 9.59 Å². The fourth-order valence-electron chi connectivity index (χ4n) is 0.946. The highest BCUT2D eigenvalue weighted by molar-refractivity contribution is 5.82. The summed E-state index contributed by atoms with van der Waals surface area (Å²) in [6.07, 6.45) is 4.14. The van der Waals surface area contributed by atoms with Gasteiger partial charge in [-0.1, -0.05) is 13.3 Å². The zero-order valence-electron chi connectivity index (χ0n) is 8.82. The van der Waals surface area contributed by atoms with Crippen molar-refractivity contribution in [2.75, 3.05) is 6.54 Å². The largest absolute Gasteiger partial charge is 0.512 e. The van der Waals surface area contributed by atoms with Crippen LogP contribution in [-0.4, -0.2) is 28.6 Å². The highest BCUT2D eigenvalue weighted by Crippen LogP contribution is 2.02. The van der Waals surface area contributed by atoms with Crippen LogP contribution in [0.1, 0.15) is 32.6 Å². The van der Waals surface area contributed by atoms with Crippen molar-refractivity contribution in [2.45, 2.75) is 32.6 Å². The molecule has 3 N–H and O–H groups in total. The molecule has 0 heterocycles. The summed E-state index contributed by atoms with van der Waals surface area (Å²) in [5.74, 6) is -1.59. The first-order valence-corrected chi connectivity index (χ1v) is 4.92. The Bertz CT molecular complexity index is 248. The van der Waals surface area contributed by atoms with E-state index in [1.807, 2.05) is 6.92 Å². The van der Waals surface area contributed by atoms with E-state index >= 15 is 0 Å². The first-order chi connectivity index (χ1) is 7.06. The second kappa shape index (κ2) is 7.84. The Kier molecular flexibility index (Phi) is 7.05. The molecular formula is C10H17NO4. The Morgan fingerprint density at radius 2 is 2.00 bits per heavy atom. The van der Waals surface area contributed by atoms with Crippen LogP contribution in [0.3, 0.4) is 0 Å². The Hall–Kier alpha value is -1.52. The summed E-state index contributed by atoms with van der Waals surface area (Å²) < 4.78 is 0. The van der Waals surface area contributed by atoms with Gasteiger partial charge in [-0.05, 0) is 18.9 Å². The normalized spacial score (nSPS) is 11.1. The number of aliphatic hydroxyl groups excluding tert-OH is 1. The predicted molar refractivity (Wildman–Crippen MR) is 55.5 cm³/mol. The van der Waals surface area contributed by atoms with E-state index in [9.17, 15) is 14.7 Å². The number of amides is 1. The molecule has 0 unspecified atom stereocenters.